The molecule has 0 radical (unpaired) electrons. The van der Waals surface area contributed by atoms with Crippen LogP contribution < -0.4 is 4.74 Å². The zero-order valence-electron chi connectivity index (χ0n) is 9.57. The van der Waals surface area contributed by atoms with Crippen molar-refractivity contribution in [2.24, 2.45) is 0 Å². The van der Waals surface area contributed by atoms with Gasteiger partial charge in [-0.25, -0.2) is 4.39 Å². The number of Topliss-reactive ketones (excluding diaryl/α,β-unsaturated/α-hetero) is 1. The minimum atomic E-state index is -0.387. The number of hydrogen-bond donors (Lipinski definition) is 0. The lowest BCUT2D eigenvalue weighted by Gasteiger charge is -2.07. The lowest BCUT2D eigenvalue weighted by Crippen LogP contribution is -2.10. The van der Waals surface area contributed by atoms with Crippen LogP contribution in [0.15, 0.2) is 30.3 Å². The number of hydrogen-bond acceptors (Lipinski definition) is 3. The van der Waals surface area contributed by atoms with Crippen molar-refractivity contribution in [1.29, 1.82) is 0 Å². The minimum absolute atomic E-state index is 0.124. The van der Waals surface area contributed by atoms with E-state index in [1.807, 2.05) is 0 Å². The van der Waals surface area contributed by atoms with Crippen molar-refractivity contribution < 1.29 is 13.9 Å². The Morgan fingerprint density at radius 3 is 2.83 bits per heavy atom. The second-order valence-corrected chi connectivity index (χ2v) is 5.44. The third kappa shape index (κ3) is 3.09. The summed E-state index contributed by atoms with van der Waals surface area (Å²) >= 11 is 6.94. The molecular formula is C13H10ClFO2S. The molecule has 1 heterocycles. The van der Waals surface area contributed by atoms with Crippen LogP contribution in [-0.2, 0) is 0 Å². The Morgan fingerprint density at radius 2 is 2.17 bits per heavy atom. The van der Waals surface area contributed by atoms with E-state index in [2.05, 4.69) is 0 Å². The lowest BCUT2D eigenvalue weighted by molar-refractivity contribution is 0.0925. The van der Waals surface area contributed by atoms with E-state index in [0.717, 1.165) is 5.56 Å². The Balaban J connectivity index is 2.03. The SMILES string of the molecule is Cc1ccc(F)cc1OCC(=O)c1ccc(Cl)s1. The van der Waals surface area contributed by atoms with Crippen LogP contribution in [0.1, 0.15) is 15.2 Å². The molecular weight excluding hydrogens is 275 g/mol. The Labute approximate surface area is 113 Å². The Kier molecular flexibility index (Phi) is 3.99. The van der Waals surface area contributed by atoms with Crippen molar-refractivity contribution in [2.75, 3.05) is 6.61 Å². The topological polar surface area (TPSA) is 26.3 Å². The number of ether oxygens (including phenoxy) is 1. The number of halogens is 2. The standard InChI is InChI=1S/C13H10ClFO2S/c1-8-2-3-9(15)6-11(8)17-7-10(16)12-4-5-13(14)18-12/h2-6H,7H2,1H3. The average Bonchev–Trinajstić information content (AvgIpc) is 2.77. The van der Waals surface area contributed by atoms with Crippen molar-refractivity contribution in [1.82, 2.24) is 0 Å². The first-order valence-corrected chi connectivity index (χ1v) is 6.43. The normalized spacial score (nSPS) is 10.4. The van der Waals surface area contributed by atoms with E-state index in [1.165, 1.54) is 23.5 Å². The highest BCUT2D eigenvalue weighted by Crippen LogP contribution is 2.23. The third-order valence-corrected chi connectivity index (χ3v) is 3.63. The molecule has 0 saturated heterocycles. The molecule has 0 amide bonds. The van der Waals surface area contributed by atoms with Gasteiger partial charge in [-0.05, 0) is 30.7 Å². The molecule has 1 aromatic heterocycles. The Bertz CT molecular complexity index is 580. The van der Waals surface area contributed by atoms with Gasteiger partial charge in [-0.3, -0.25) is 4.79 Å². The van der Waals surface area contributed by atoms with Crippen molar-refractivity contribution in [2.45, 2.75) is 6.92 Å². The average molecular weight is 285 g/mol. The number of rotatable bonds is 4. The maximum atomic E-state index is 13.0. The van der Waals surface area contributed by atoms with Gasteiger partial charge in [-0.15, -0.1) is 11.3 Å². The third-order valence-electron chi connectivity index (χ3n) is 2.36. The first kappa shape index (κ1) is 13.1. The molecule has 0 unspecified atom stereocenters. The summed E-state index contributed by atoms with van der Waals surface area (Å²) in [6, 6.07) is 7.54. The molecule has 2 nitrogen and oxygen atoms in total. The van der Waals surface area contributed by atoms with Gasteiger partial charge in [0.25, 0.3) is 0 Å². The van der Waals surface area contributed by atoms with Crippen LogP contribution in [0.4, 0.5) is 4.39 Å². The number of thiophene rings is 1. The second-order valence-electron chi connectivity index (χ2n) is 3.73. The quantitative estimate of drug-likeness (QED) is 0.790. The van der Waals surface area contributed by atoms with Crippen molar-refractivity contribution in [3.05, 3.63) is 50.9 Å². The highest BCUT2D eigenvalue weighted by atomic mass is 35.5. The predicted molar refractivity (Wildman–Crippen MR) is 70.3 cm³/mol. The van der Waals surface area contributed by atoms with Gasteiger partial charge in [0.15, 0.2) is 6.61 Å². The fraction of sp³-hybridized carbons (Fsp3) is 0.154. The zero-order chi connectivity index (χ0) is 13.1. The van der Waals surface area contributed by atoms with Gasteiger partial charge < -0.3 is 4.74 Å². The van der Waals surface area contributed by atoms with Crippen LogP contribution in [0.5, 0.6) is 5.75 Å². The number of benzene rings is 1. The lowest BCUT2D eigenvalue weighted by atomic mass is 10.2. The molecule has 0 spiro atoms. The Morgan fingerprint density at radius 1 is 1.39 bits per heavy atom. The number of aryl methyl sites for hydroxylation is 1. The van der Waals surface area contributed by atoms with Gasteiger partial charge in [-0.2, -0.15) is 0 Å². The molecule has 0 aliphatic rings. The van der Waals surface area contributed by atoms with Crippen molar-refractivity contribution in [3.8, 4) is 5.75 Å². The van der Waals surface area contributed by atoms with E-state index in [4.69, 9.17) is 16.3 Å². The molecule has 94 valence electrons. The van der Waals surface area contributed by atoms with E-state index < -0.39 is 0 Å². The smallest absolute Gasteiger partial charge is 0.210 e. The molecule has 2 rings (SSSR count). The summed E-state index contributed by atoms with van der Waals surface area (Å²) in [7, 11) is 0. The van der Waals surface area contributed by atoms with Crippen LogP contribution in [0, 0.1) is 12.7 Å². The molecule has 0 aliphatic carbocycles. The number of ketones is 1. The summed E-state index contributed by atoms with van der Waals surface area (Å²) in [4.78, 5) is 12.3. The molecule has 0 aliphatic heterocycles. The van der Waals surface area contributed by atoms with Gasteiger partial charge in [-0.1, -0.05) is 17.7 Å². The van der Waals surface area contributed by atoms with Crippen LogP contribution >= 0.6 is 22.9 Å². The molecule has 0 bridgehead atoms. The molecule has 0 saturated carbocycles. The van der Waals surface area contributed by atoms with Gasteiger partial charge in [0, 0.05) is 6.07 Å². The van der Waals surface area contributed by atoms with Crippen LogP contribution in [-0.4, -0.2) is 12.4 Å². The van der Waals surface area contributed by atoms with E-state index in [1.54, 1.807) is 25.1 Å². The molecule has 1 aromatic carbocycles. The van der Waals surface area contributed by atoms with Crippen molar-refractivity contribution in [3.63, 3.8) is 0 Å². The number of carbonyl (C=O) groups is 1. The van der Waals surface area contributed by atoms with E-state index in [-0.39, 0.29) is 18.2 Å². The minimum Gasteiger partial charge on any atom is -0.485 e. The Hall–Kier alpha value is -1.39. The predicted octanol–water partition coefficient (Wildman–Crippen LogP) is 4.11. The fourth-order valence-corrected chi connectivity index (χ4v) is 2.38. The number of carbonyl (C=O) groups excluding carboxylic acids is 1. The maximum Gasteiger partial charge on any atom is 0.210 e. The van der Waals surface area contributed by atoms with Gasteiger partial charge in [0.2, 0.25) is 5.78 Å². The van der Waals surface area contributed by atoms with Crippen LogP contribution in [0.3, 0.4) is 0 Å². The largest absolute Gasteiger partial charge is 0.485 e. The summed E-state index contributed by atoms with van der Waals surface area (Å²) < 4.78 is 18.9. The van der Waals surface area contributed by atoms with Gasteiger partial charge in [0.1, 0.15) is 11.6 Å². The first-order chi connectivity index (χ1) is 8.56. The second kappa shape index (κ2) is 5.50. The maximum absolute atomic E-state index is 13.0. The van der Waals surface area contributed by atoms with Crippen LogP contribution in [0.2, 0.25) is 4.34 Å². The fourth-order valence-electron chi connectivity index (χ4n) is 1.41. The molecule has 2 aromatic rings. The summed E-state index contributed by atoms with van der Waals surface area (Å²) in [6.45, 7) is 1.67. The van der Waals surface area contributed by atoms with E-state index >= 15 is 0 Å². The van der Waals surface area contributed by atoms with Crippen molar-refractivity contribution >= 4 is 28.7 Å². The molecule has 0 fully saturated rings. The first-order valence-electron chi connectivity index (χ1n) is 5.24. The van der Waals surface area contributed by atoms with Gasteiger partial charge in [0.05, 0.1) is 9.21 Å². The van der Waals surface area contributed by atoms with E-state index in [0.29, 0.717) is 15.0 Å². The summed E-state index contributed by atoms with van der Waals surface area (Å²) in [5.41, 5.74) is 0.786. The van der Waals surface area contributed by atoms with E-state index in [9.17, 15) is 9.18 Å². The monoisotopic (exact) mass is 284 g/mol. The summed E-state index contributed by atoms with van der Waals surface area (Å²) in [5.74, 6) is -0.177. The molecule has 18 heavy (non-hydrogen) atoms. The summed E-state index contributed by atoms with van der Waals surface area (Å²) in [6.07, 6.45) is 0. The highest BCUT2D eigenvalue weighted by Gasteiger charge is 2.10. The highest BCUT2D eigenvalue weighted by molar-refractivity contribution is 7.18. The van der Waals surface area contributed by atoms with Gasteiger partial charge >= 0.3 is 0 Å². The molecule has 5 heteroatoms. The molecule has 0 N–H and O–H groups in total. The van der Waals surface area contributed by atoms with Crippen LogP contribution in [0.25, 0.3) is 0 Å². The zero-order valence-corrected chi connectivity index (χ0v) is 11.1. The molecule has 0 atom stereocenters. The summed E-state index contributed by atoms with van der Waals surface area (Å²) in [5, 5.41) is 0.